The zero-order chi connectivity index (χ0) is 10.7. The zero-order valence-electron chi connectivity index (χ0n) is 9.79. The van der Waals surface area contributed by atoms with E-state index in [4.69, 9.17) is 0 Å². The van der Waals surface area contributed by atoms with Crippen LogP contribution in [0.3, 0.4) is 0 Å². The molecule has 1 saturated heterocycles. The molecule has 1 heterocycles. The molecule has 1 aliphatic heterocycles. The molecule has 0 spiro atoms. The summed E-state index contributed by atoms with van der Waals surface area (Å²) in [6.07, 6.45) is 3.82. The highest BCUT2D eigenvalue weighted by Gasteiger charge is 2.18. The second kappa shape index (κ2) is 4.80. The van der Waals surface area contributed by atoms with Gasteiger partial charge in [-0.2, -0.15) is 0 Å². The maximum atomic E-state index is 3.59. The average molecular weight is 203 g/mol. The summed E-state index contributed by atoms with van der Waals surface area (Å²) < 4.78 is 0. The molecule has 1 aliphatic rings. The molecule has 15 heavy (non-hydrogen) atoms. The molecule has 1 aromatic carbocycles. The molecule has 2 rings (SSSR count). The Kier molecular flexibility index (Phi) is 3.42. The third-order valence-electron chi connectivity index (χ3n) is 3.12. The molecule has 1 nitrogen and oxygen atoms in total. The van der Waals surface area contributed by atoms with Crippen molar-refractivity contribution in [1.29, 1.82) is 0 Å². The van der Waals surface area contributed by atoms with Crippen LogP contribution in [0.25, 0.3) is 0 Å². The quantitative estimate of drug-likeness (QED) is 0.794. The molecule has 0 radical (unpaired) electrons. The van der Waals surface area contributed by atoms with Crippen molar-refractivity contribution in [2.45, 2.75) is 39.2 Å². The Morgan fingerprint density at radius 3 is 2.80 bits per heavy atom. The van der Waals surface area contributed by atoms with E-state index in [-0.39, 0.29) is 0 Å². The van der Waals surface area contributed by atoms with Crippen LogP contribution in [0.15, 0.2) is 24.3 Å². The van der Waals surface area contributed by atoms with E-state index in [1.54, 1.807) is 0 Å². The third kappa shape index (κ3) is 2.60. The summed E-state index contributed by atoms with van der Waals surface area (Å²) in [4.78, 5) is 0. The van der Waals surface area contributed by atoms with Crippen molar-refractivity contribution < 1.29 is 0 Å². The summed E-state index contributed by atoms with van der Waals surface area (Å²) >= 11 is 0. The van der Waals surface area contributed by atoms with Crippen molar-refractivity contribution >= 4 is 0 Å². The minimum absolute atomic E-state index is 0.611. The first-order valence-electron chi connectivity index (χ1n) is 6.08. The van der Waals surface area contributed by atoms with Gasteiger partial charge in [0.2, 0.25) is 0 Å². The molecule has 1 atom stereocenters. The van der Waals surface area contributed by atoms with Gasteiger partial charge >= 0.3 is 0 Å². The van der Waals surface area contributed by atoms with E-state index in [1.165, 1.54) is 36.9 Å². The SMILES string of the molecule is CC(C)Cc1ccccc1C1CCCN1. The number of benzene rings is 1. The van der Waals surface area contributed by atoms with E-state index < -0.39 is 0 Å². The number of hydrogen-bond donors (Lipinski definition) is 1. The second-order valence-electron chi connectivity index (χ2n) is 4.95. The molecule has 1 heteroatoms. The Labute approximate surface area is 92.9 Å². The van der Waals surface area contributed by atoms with E-state index in [0.717, 1.165) is 5.92 Å². The van der Waals surface area contributed by atoms with Crippen molar-refractivity contribution in [3.8, 4) is 0 Å². The first-order valence-corrected chi connectivity index (χ1v) is 6.08. The average Bonchev–Trinajstić information content (AvgIpc) is 2.70. The second-order valence-corrected chi connectivity index (χ2v) is 4.95. The maximum Gasteiger partial charge on any atom is 0.0323 e. The molecule has 0 saturated carbocycles. The maximum absolute atomic E-state index is 3.59. The van der Waals surface area contributed by atoms with Crippen LogP contribution in [0.1, 0.15) is 43.9 Å². The molecular weight excluding hydrogens is 182 g/mol. The summed E-state index contributed by atoms with van der Waals surface area (Å²) in [5.41, 5.74) is 3.07. The highest BCUT2D eigenvalue weighted by molar-refractivity contribution is 5.31. The van der Waals surface area contributed by atoms with Gasteiger partial charge in [-0.25, -0.2) is 0 Å². The van der Waals surface area contributed by atoms with E-state index >= 15 is 0 Å². The van der Waals surface area contributed by atoms with Crippen LogP contribution in [-0.2, 0) is 6.42 Å². The summed E-state index contributed by atoms with van der Waals surface area (Å²) in [6, 6.07) is 9.52. The van der Waals surface area contributed by atoms with Crippen molar-refractivity contribution in [3.63, 3.8) is 0 Å². The Bertz CT molecular complexity index is 311. The van der Waals surface area contributed by atoms with Crippen molar-refractivity contribution in [3.05, 3.63) is 35.4 Å². The predicted octanol–water partition coefficient (Wildman–Crippen LogP) is 3.31. The normalized spacial score (nSPS) is 21.1. The van der Waals surface area contributed by atoms with Crippen LogP contribution in [-0.4, -0.2) is 6.54 Å². The molecule has 0 aromatic heterocycles. The Morgan fingerprint density at radius 1 is 1.33 bits per heavy atom. The molecule has 0 bridgehead atoms. The molecule has 0 aliphatic carbocycles. The number of rotatable bonds is 3. The Morgan fingerprint density at radius 2 is 2.13 bits per heavy atom. The van der Waals surface area contributed by atoms with Gasteiger partial charge in [-0.05, 0) is 42.9 Å². The van der Waals surface area contributed by atoms with Gasteiger partial charge in [-0.15, -0.1) is 0 Å². The van der Waals surface area contributed by atoms with E-state index in [0.29, 0.717) is 6.04 Å². The highest BCUT2D eigenvalue weighted by Crippen LogP contribution is 2.27. The van der Waals surface area contributed by atoms with Gasteiger partial charge in [0.1, 0.15) is 0 Å². The Hall–Kier alpha value is -0.820. The summed E-state index contributed by atoms with van der Waals surface area (Å²) in [5, 5.41) is 3.59. The predicted molar refractivity (Wildman–Crippen MR) is 65.0 cm³/mol. The minimum Gasteiger partial charge on any atom is -0.310 e. The number of nitrogens with one attached hydrogen (secondary N) is 1. The lowest BCUT2D eigenvalue weighted by atomic mass is 9.93. The van der Waals surface area contributed by atoms with Crippen LogP contribution < -0.4 is 5.32 Å². The fraction of sp³-hybridized carbons (Fsp3) is 0.571. The highest BCUT2D eigenvalue weighted by atomic mass is 14.9. The van der Waals surface area contributed by atoms with Gasteiger partial charge in [0.15, 0.2) is 0 Å². The molecule has 1 fully saturated rings. The smallest absolute Gasteiger partial charge is 0.0323 e. The largest absolute Gasteiger partial charge is 0.310 e. The van der Waals surface area contributed by atoms with E-state index in [2.05, 4.69) is 43.4 Å². The third-order valence-corrected chi connectivity index (χ3v) is 3.12. The lowest BCUT2D eigenvalue weighted by molar-refractivity contribution is 0.607. The monoisotopic (exact) mass is 203 g/mol. The fourth-order valence-electron chi connectivity index (χ4n) is 2.45. The van der Waals surface area contributed by atoms with Crippen LogP contribution in [0.4, 0.5) is 0 Å². The standard InChI is InChI=1S/C14H21N/c1-11(2)10-12-6-3-4-7-13(12)14-8-5-9-15-14/h3-4,6-7,11,14-15H,5,8-10H2,1-2H3. The van der Waals surface area contributed by atoms with Gasteiger partial charge in [0.05, 0.1) is 0 Å². The van der Waals surface area contributed by atoms with E-state index in [9.17, 15) is 0 Å². The minimum atomic E-state index is 0.611. The fourth-order valence-corrected chi connectivity index (χ4v) is 2.45. The van der Waals surface area contributed by atoms with Gasteiger partial charge in [0.25, 0.3) is 0 Å². The molecular formula is C14H21N. The van der Waals surface area contributed by atoms with Crippen LogP contribution >= 0.6 is 0 Å². The first-order chi connectivity index (χ1) is 7.27. The topological polar surface area (TPSA) is 12.0 Å². The lowest BCUT2D eigenvalue weighted by Crippen LogP contribution is -2.15. The summed E-state index contributed by atoms with van der Waals surface area (Å²) in [6.45, 7) is 5.76. The van der Waals surface area contributed by atoms with Crippen LogP contribution in [0.2, 0.25) is 0 Å². The van der Waals surface area contributed by atoms with Gasteiger partial charge < -0.3 is 5.32 Å². The molecule has 82 valence electrons. The van der Waals surface area contributed by atoms with Gasteiger partial charge in [0, 0.05) is 6.04 Å². The van der Waals surface area contributed by atoms with Crippen LogP contribution in [0, 0.1) is 5.92 Å². The molecule has 1 aromatic rings. The lowest BCUT2D eigenvalue weighted by Gasteiger charge is -2.17. The summed E-state index contributed by atoms with van der Waals surface area (Å²) in [5.74, 6) is 0.743. The molecule has 1 N–H and O–H groups in total. The van der Waals surface area contributed by atoms with E-state index in [1.807, 2.05) is 0 Å². The molecule has 0 amide bonds. The Balaban J connectivity index is 2.20. The summed E-state index contributed by atoms with van der Waals surface area (Å²) in [7, 11) is 0. The van der Waals surface area contributed by atoms with Crippen molar-refractivity contribution in [2.75, 3.05) is 6.54 Å². The van der Waals surface area contributed by atoms with Crippen molar-refractivity contribution in [2.24, 2.45) is 5.92 Å². The van der Waals surface area contributed by atoms with Crippen LogP contribution in [0.5, 0.6) is 0 Å². The van der Waals surface area contributed by atoms with Crippen molar-refractivity contribution in [1.82, 2.24) is 5.32 Å². The zero-order valence-corrected chi connectivity index (χ0v) is 9.79. The first kappa shape index (κ1) is 10.7. The molecule has 1 unspecified atom stereocenters. The van der Waals surface area contributed by atoms with Gasteiger partial charge in [-0.3, -0.25) is 0 Å². The number of hydrogen-bond acceptors (Lipinski definition) is 1. The van der Waals surface area contributed by atoms with Gasteiger partial charge in [-0.1, -0.05) is 38.1 Å².